The van der Waals surface area contributed by atoms with Crippen molar-refractivity contribution in [1.82, 2.24) is 19.6 Å². The molecule has 0 unspecified atom stereocenters. The third-order valence-corrected chi connectivity index (χ3v) is 2.90. The Morgan fingerprint density at radius 3 is 2.88 bits per heavy atom. The summed E-state index contributed by atoms with van der Waals surface area (Å²) in [6, 6.07) is 1.84. The van der Waals surface area contributed by atoms with E-state index < -0.39 is 0 Å². The number of rotatable bonds is 4. The Bertz CT molecular complexity index is 477. The van der Waals surface area contributed by atoms with Crippen molar-refractivity contribution in [3.63, 3.8) is 0 Å². The van der Waals surface area contributed by atoms with E-state index in [0.717, 1.165) is 16.7 Å². The van der Waals surface area contributed by atoms with Crippen LogP contribution < -0.4 is 4.74 Å². The van der Waals surface area contributed by atoms with E-state index in [1.807, 2.05) is 27.8 Å². The van der Waals surface area contributed by atoms with Crippen LogP contribution in [0.3, 0.4) is 0 Å². The van der Waals surface area contributed by atoms with Crippen LogP contribution in [0.25, 0.3) is 0 Å². The number of aromatic nitrogens is 4. The van der Waals surface area contributed by atoms with E-state index in [0.29, 0.717) is 12.4 Å². The van der Waals surface area contributed by atoms with Gasteiger partial charge in [-0.2, -0.15) is 5.10 Å². The second-order valence-corrected chi connectivity index (χ2v) is 4.18. The molecule has 6 heteroatoms. The lowest BCUT2D eigenvalue weighted by molar-refractivity contribution is 0.390. The van der Waals surface area contributed by atoms with Crippen molar-refractivity contribution in [2.45, 2.75) is 20.0 Å². The highest BCUT2D eigenvalue weighted by atomic mass is 79.9. The van der Waals surface area contributed by atoms with Gasteiger partial charge in [-0.25, -0.2) is 0 Å². The smallest absolute Gasteiger partial charge is 0.233 e. The number of aryl methyl sites for hydroxylation is 1. The molecular formula is C10H13BrN4O. The largest absolute Gasteiger partial charge is 0.480 e. The van der Waals surface area contributed by atoms with Gasteiger partial charge in [-0.3, -0.25) is 9.36 Å². The lowest BCUT2D eigenvalue weighted by Gasteiger charge is -1.99. The van der Waals surface area contributed by atoms with Gasteiger partial charge in [0.1, 0.15) is 4.60 Å². The lowest BCUT2D eigenvalue weighted by Crippen LogP contribution is -2.01. The molecule has 0 aliphatic heterocycles. The zero-order chi connectivity index (χ0) is 11.5. The highest BCUT2D eigenvalue weighted by Gasteiger charge is 2.07. The number of halogens is 1. The molecule has 2 heterocycles. The molecule has 2 aromatic rings. The second kappa shape index (κ2) is 4.69. The Kier molecular flexibility index (Phi) is 3.28. The van der Waals surface area contributed by atoms with E-state index in [1.54, 1.807) is 7.11 Å². The highest BCUT2D eigenvalue weighted by molar-refractivity contribution is 9.10. The third kappa shape index (κ3) is 2.27. The standard InChI is InChI=1S/C10H13BrN4O/c1-3-14-6-8(5-12-14)7-15-9(11)4-10(13-15)16-2/h4-6H,3,7H2,1-2H3. The molecule has 0 aliphatic rings. The van der Waals surface area contributed by atoms with Gasteiger partial charge in [0, 0.05) is 24.4 Å². The molecule has 2 aromatic heterocycles. The fraction of sp³-hybridized carbons (Fsp3) is 0.400. The maximum Gasteiger partial charge on any atom is 0.233 e. The summed E-state index contributed by atoms with van der Waals surface area (Å²) in [5, 5.41) is 8.49. The SMILES string of the molecule is CCn1cc(Cn2nc(OC)cc2Br)cn1. The quantitative estimate of drug-likeness (QED) is 0.862. The maximum absolute atomic E-state index is 5.06. The molecule has 0 amide bonds. The van der Waals surface area contributed by atoms with Crippen molar-refractivity contribution in [3.05, 3.63) is 28.6 Å². The molecule has 0 atom stereocenters. The van der Waals surface area contributed by atoms with Gasteiger partial charge < -0.3 is 4.74 Å². The van der Waals surface area contributed by atoms with E-state index in [4.69, 9.17) is 4.74 Å². The Morgan fingerprint density at radius 1 is 1.50 bits per heavy atom. The van der Waals surface area contributed by atoms with Gasteiger partial charge in [0.15, 0.2) is 0 Å². The van der Waals surface area contributed by atoms with Crippen LogP contribution in [0.15, 0.2) is 23.1 Å². The molecule has 0 N–H and O–H groups in total. The number of hydrogen-bond acceptors (Lipinski definition) is 3. The first-order valence-corrected chi connectivity index (χ1v) is 5.81. The third-order valence-electron chi connectivity index (χ3n) is 2.26. The van der Waals surface area contributed by atoms with Gasteiger partial charge >= 0.3 is 0 Å². The molecule has 0 saturated heterocycles. The van der Waals surface area contributed by atoms with E-state index in [9.17, 15) is 0 Å². The fourth-order valence-corrected chi connectivity index (χ4v) is 1.82. The first-order valence-electron chi connectivity index (χ1n) is 5.01. The van der Waals surface area contributed by atoms with E-state index in [2.05, 4.69) is 33.1 Å². The van der Waals surface area contributed by atoms with Gasteiger partial charge in [0.25, 0.3) is 0 Å². The maximum atomic E-state index is 5.06. The summed E-state index contributed by atoms with van der Waals surface area (Å²) in [7, 11) is 1.61. The lowest BCUT2D eigenvalue weighted by atomic mass is 10.4. The van der Waals surface area contributed by atoms with Crippen molar-refractivity contribution in [1.29, 1.82) is 0 Å². The number of hydrogen-bond donors (Lipinski definition) is 0. The van der Waals surface area contributed by atoms with Gasteiger partial charge in [-0.15, -0.1) is 5.10 Å². The molecule has 0 fully saturated rings. The average molecular weight is 285 g/mol. The molecule has 2 rings (SSSR count). The molecule has 16 heavy (non-hydrogen) atoms. The molecule has 0 radical (unpaired) electrons. The number of nitrogens with zero attached hydrogens (tertiary/aromatic N) is 4. The predicted octanol–water partition coefficient (Wildman–Crippen LogP) is 1.92. The Hall–Kier alpha value is -1.30. The van der Waals surface area contributed by atoms with Crippen LogP contribution in [0.4, 0.5) is 0 Å². The topological polar surface area (TPSA) is 44.9 Å². The van der Waals surface area contributed by atoms with Crippen molar-refractivity contribution in [2.24, 2.45) is 0 Å². The van der Waals surface area contributed by atoms with Crippen LogP contribution in [0.2, 0.25) is 0 Å². The van der Waals surface area contributed by atoms with Crippen molar-refractivity contribution in [3.8, 4) is 5.88 Å². The summed E-state index contributed by atoms with van der Waals surface area (Å²) >= 11 is 3.43. The zero-order valence-corrected chi connectivity index (χ0v) is 10.8. The van der Waals surface area contributed by atoms with Crippen LogP contribution in [-0.4, -0.2) is 26.7 Å². The van der Waals surface area contributed by atoms with Gasteiger partial charge in [0.2, 0.25) is 5.88 Å². The monoisotopic (exact) mass is 284 g/mol. The summed E-state index contributed by atoms with van der Waals surface area (Å²) in [6.07, 6.45) is 3.87. The van der Waals surface area contributed by atoms with Gasteiger partial charge in [-0.05, 0) is 22.9 Å². The Morgan fingerprint density at radius 2 is 2.31 bits per heavy atom. The van der Waals surface area contributed by atoms with Crippen LogP contribution in [-0.2, 0) is 13.1 Å². The summed E-state index contributed by atoms with van der Waals surface area (Å²) in [5.41, 5.74) is 1.12. The molecule has 0 spiro atoms. The molecule has 5 nitrogen and oxygen atoms in total. The first-order chi connectivity index (χ1) is 7.72. The van der Waals surface area contributed by atoms with Crippen LogP contribution in [0, 0.1) is 0 Å². The van der Waals surface area contributed by atoms with Gasteiger partial charge in [-0.1, -0.05) is 0 Å². The molecular weight excluding hydrogens is 272 g/mol. The molecule has 0 bridgehead atoms. The molecule has 0 saturated carbocycles. The molecule has 0 aromatic carbocycles. The van der Waals surface area contributed by atoms with Crippen molar-refractivity contribution >= 4 is 15.9 Å². The van der Waals surface area contributed by atoms with Crippen LogP contribution >= 0.6 is 15.9 Å². The van der Waals surface area contributed by atoms with E-state index in [1.165, 1.54) is 0 Å². The Balaban J connectivity index is 2.16. The Labute approximate surface area is 102 Å². The molecule has 0 aliphatic carbocycles. The average Bonchev–Trinajstić information content (AvgIpc) is 2.87. The first kappa shape index (κ1) is 11.2. The number of methoxy groups -OCH3 is 1. The fourth-order valence-electron chi connectivity index (χ4n) is 1.42. The van der Waals surface area contributed by atoms with Gasteiger partial charge in [0.05, 0.1) is 19.9 Å². The minimum Gasteiger partial charge on any atom is -0.480 e. The van der Waals surface area contributed by atoms with Crippen LogP contribution in [0.5, 0.6) is 5.88 Å². The van der Waals surface area contributed by atoms with Crippen molar-refractivity contribution < 1.29 is 4.74 Å². The number of ether oxygens (including phenoxy) is 1. The summed E-state index contributed by atoms with van der Waals surface area (Å²) in [4.78, 5) is 0. The second-order valence-electron chi connectivity index (χ2n) is 3.37. The minimum absolute atomic E-state index is 0.606. The van der Waals surface area contributed by atoms with E-state index >= 15 is 0 Å². The van der Waals surface area contributed by atoms with Crippen molar-refractivity contribution in [2.75, 3.05) is 7.11 Å². The highest BCUT2D eigenvalue weighted by Crippen LogP contribution is 2.18. The minimum atomic E-state index is 0.606. The summed E-state index contributed by atoms with van der Waals surface area (Å²) < 4.78 is 9.68. The predicted molar refractivity (Wildman–Crippen MR) is 63.5 cm³/mol. The van der Waals surface area contributed by atoms with E-state index in [-0.39, 0.29) is 0 Å². The zero-order valence-electron chi connectivity index (χ0n) is 9.22. The van der Waals surface area contributed by atoms with Crippen LogP contribution in [0.1, 0.15) is 12.5 Å². The molecule has 86 valence electrons. The normalized spacial score (nSPS) is 10.7. The summed E-state index contributed by atoms with van der Waals surface area (Å²) in [6.45, 7) is 3.62. The summed E-state index contributed by atoms with van der Waals surface area (Å²) in [5.74, 6) is 0.606.